The molecule has 0 aromatic heterocycles. The maximum Gasteiger partial charge on any atom is 0.305 e. The fourth-order valence-corrected chi connectivity index (χ4v) is 3.32. The van der Waals surface area contributed by atoms with Crippen molar-refractivity contribution in [2.24, 2.45) is 0 Å². The average molecular weight is 294 g/mol. The molecule has 2 N–H and O–H groups in total. The summed E-state index contributed by atoms with van der Waals surface area (Å²) in [6.45, 7) is 0. The van der Waals surface area contributed by atoms with Gasteiger partial charge < -0.3 is 19.7 Å². The molecule has 1 aliphatic carbocycles. The fourth-order valence-electron chi connectivity index (χ4n) is 3.32. The molecular weight excluding hydrogens is 276 g/mol. The largest absolute Gasteiger partial charge is 0.481 e. The predicted molar refractivity (Wildman–Crippen MR) is 71.4 cm³/mol. The highest BCUT2D eigenvalue weighted by molar-refractivity contribution is 6.00. The topological polar surface area (TPSA) is 93.1 Å². The highest BCUT2D eigenvalue weighted by atomic mass is 16.7. The Hall–Kier alpha value is -1.50. The smallest absolute Gasteiger partial charge is 0.305 e. The molecule has 0 radical (unpaired) electrons. The van der Waals surface area contributed by atoms with E-state index in [-0.39, 0.29) is 12.2 Å². The maximum atomic E-state index is 11.2. The summed E-state index contributed by atoms with van der Waals surface area (Å²) in [4.78, 5) is 22.1. The summed E-state index contributed by atoms with van der Waals surface area (Å²) in [5.41, 5.74) is -0.682. The van der Waals surface area contributed by atoms with Crippen LogP contribution in [-0.2, 0) is 19.1 Å². The van der Waals surface area contributed by atoms with E-state index >= 15 is 0 Å². The molecule has 114 valence electrons. The quantitative estimate of drug-likeness (QED) is 0.787. The first kappa shape index (κ1) is 14.4. The Balaban J connectivity index is 1.76. The summed E-state index contributed by atoms with van der Waals surface area (Å²) >= 11 is 0. The molecule has 3 rings (SSSR count). The zero-order valence-corrected chi connectivity index (χ0v) is 11.5. The molecule has 0 aromatic carbocycles. The second kappa shape index (κ2) is 5.05. The second-order valence-electron chi connectivity index (χ2n) is 5.97. The first-order valence-electron chi connectivity index (χ1n) is 7.11. The number of aliphatic hydroxyl groups excluding tert-OH is 1. The number of hydrogen-bond acceptors (Lipinski definition) is 5. The molecule has 0 bridgehead atoms. The van der Waals surface area contributed by atoms with Crippen molar-refractivity contribution in [3.63, 3.8) is 0 Å². The molecule has 2 fully saturated rings. The lowest BCUT2D eigenvalue weighted by Gasteiger charge is -2.41. The Labute approximate surface area is 122 Å². The van der Waals surface area contributed by atoms with Gasteiger partial charge in [0.2, 0.25) is 0 Å². The van der Waals surface area contributed by atoms with Gasteiger partial charge in [-0.25, -0.2) is 0 Å². The van der Waals surface area contributed by atoms with Crippen LogP contribution in [0.2, 0.25) is 0 Å². The Morgan fingerprint density at radius 3 is 2.71 bits per heavy atom. The van der Waals surface area contributed by atoms with Crippen LogP contribution in [0.25, 0.3) is 0 Å². The molecule has 2 heterocycles. The van der Waals surface area contributed by atoms with E-state index in [9.17, 15) is 14.7 Å². The molecule has 2 saturated heterocycles. The van der Waals surface area contributed by atoms with Crippen LogP contribution in [0.15, 0.2) is 24.3 Å². The summed E-state index contributed by atoms with van der Waals surface area (Å²) in [5, 5.41) is 18.9. The number of aliphatic hydroxyl groups is 1. The number of carboxylic acid groups (broad SMARTS) is 1. The van der Waals surface area contributed by atoms with Crippen LogP contribution in [-0.4, -0.2) is 45.6 Å². The van der Waals surface area contributed by atoms with E-state index in [1.54, 1.807) is 12.2 Å². The van der Waals surface area contributed by atoms with Crippen molar-refractivity contribution in [3.8, 4) is 0 Å². The molecule has 0 saturated carbocycles. The molecule has 2 aliphatic heterocycles. The number of carboxylic acids is 1. The van der Waals surface area contributed by atoms with E-state index in [0.29, 0.717) is 25.7 Å². The third-order valence-corrected chi connectivity index (χ3v) is 4.20. The predicted octanol–water partition coefficient (Wildman–Crippen LogP) is 0.942. The van der Waals surface area contributed by atoms with Gasteiger partial charge in [-0.2, -0.15) is 0 Å². The molecular formula is C15H18O6. The average Bonchev–Trinajstić information content (AvgIpc) is 2.70. The van der Waals surface area contributed by atoms with Gasteiger partial charge in [0.1, 0.15) is 5.60 Å². The van der Waals surface area contributed by atoms with Gasteiger partial charge in [-0.05, 0) is 30.7 Å². The first-order valence-corrected chi connectivity index (χ1v) is 7.11. The molecule has 6 heteroatoms. The Morgan fingerprint density at radius 2 is 2.05 bits per heavy atom. The minimum Gasteiger partial charge on any atom is -0.481 e. The minimum absolute atomic E-state index is 0.0847. The number of carbonyl (C=O) groups is 2. The SMILES string of the molecule is O=C1C=CC2(C=C1)CC[C@]1(C[C@H](O)C[C@H](CC(=O)O)O1)O2. The van der Waals surface area contributed by atoms with Crippen molar-refractivity contribution in [1.82, 2.24) is 0 Å². The molecule has 0 amide bonds. The van der Waals surface area contributed by atoms with Crippen LogP contribution in [0.3, 0.4) is 0 Å². The lowest BCUT2D eigenvalue weighted by molar-refractivity contribution is -0.291. The summed E-state index contributed by atoms with van der Waals surface area (Å²) in [6, 6.07) is 0. The van der Waals surface area contributed by atoms with Crippen molar-refractivity contribution < 1.29 is 29.3 Å². The van der Waals surface area contributed by atoms with E-state index < -0.39 is 29.6 Å². The van der Waals surface area contributed by atoms with Gasteiger partial charge in [0.25, 0.3) is 0 Å². The fraction of sp³-hybridized carbons (Fsp3) is 0.600. The monoisotopic (exact) mass is 294 g/mol. The second-order valence-corrected chi connectivity index (χ2v) is 5.97. The maximum absolute atomic E-state index is 11.2. The van der Waals surface area contributed by atoms with Crippen LogP contribution in [0.5, 0.6) is 0 Å². The van der Waals surface area contributed by atoms with Crippen molar-refractivity contribution in [1.29, 1.82) is 0 Å². The van der Waals surface area contributed by atoms with Crippen molar-refractivity contribution in [3.05, 3.63) is 24.3 Å². The number of rotatable bonds is 2. The molecule has 0 aromatic rings. The lowest BCUT2D eigenvalue weighted by atomic mass is 9.92. The highest BCUT2D eigenvalue weighted by Gasteiger charge is 2.52. The summed E-state index contributed by atoms with van der Waals surface area (Å²) in [7, 11) is 0. The molecule has 3 aliphatic rings. The summed E-state index contributed by atoms with van der Waals surface area (Å²) in [5.74, 6) is -2.01. The third kappa shape index (κ3) is 2.92. The van der Waals surface area contributed by atoms with Gasteiger partial charge in [0.05, 0.1) is 18.6 Å². The Bertz CT molecular complexity index is 506. The standard InChI is InChI=1S/C15H18O6/c16-10-1-3-14(4-2-10)5-6-15(21-14)9-11(17)7-12(20-15)8-13(18)19/h1-4,11-12,17H,5-9H2,(H,18,19)/t11-,12-,15-/m1/s1. The third-order valence-electron chi connectivity index (χ3n) is 4.20. The minimum atomic E-state index is -0.965. The van der Waals surface area contributed by atoms with E-state index in [1.165, 1.54) is 12.2 Å². The number of carbonyl (C=O) groups excluding carboxylic acids is 1. The van der Waals surface area contributed by atoms with Crippen LogP contribution in [0.4, 0.5) is 0 Å². The van der Waals surface area contributed by atoms with Crippen LogP contribution in [0.1, 0.15) is 32.1 Å². The molecule has 6 nitrogen and oxygen atoms in total. The van der Waals surface area contributed by atoms with Gasteiger partial charge in [-0.1, -0.05) is 0 Å². The number of ether oxygens (including phenoxy) is 2. The van der Waals surface area contributed by atoms with Gasteiger partial charge >= 0.3 is 5.97 Å². The number of ketones is 1. The van der Waals surface area contributed by atoms with E-state index in [1.807, 2.05) is 0 Å². The zero-order chi connectivity index (χ0) is 15.1. The summed E-state index contributed by atoms with van der Waals surface area (Å²) in [6.07, 6.45) is 6.81. The Kier molecular flexibility index (Phi) is 3.47. The number of hydrogen-bond donors (Lipinski definition) is 2. The first-order chi connectivity index (χ1) is 9.90. The van der Waals surface area contributed by atoms with E-state index in [4.69, 9.17) is 14.6 Å². The molecule has 3 atom stereocenters. The molecule has 21 heavy (non-hydrogen) atoms. The van der Waals surface area contributed by atoms with Gasteiger partial charge in [0.15, 0.2) is 11.6 Å². The zero-order valence-electron chi connectivity index (χ0n) is 11.5. The van der Waals surface area contributed by atoms with Crippen molar-refractivity contribution in [2.45, 2.75) is 55.7 Å². The molecule has 2 spiro atoms. The number of allylic oxidation sites excluding steroid dienone is 2. The number of aliphatic carboxylic acids is 1. The highest BCUT2D eigenvalue weighted by Crippen LogP contribution is 2.47. The van der Waals surface area contributed by atoms with E-state index in [0.717, 1.165) is 0 Å². The van der Waals surface area contributed by atoms with Crippen molar-refractivity contribution in [2.75, 3.05) is 0 Å². The van der Waals surface area contributed by atoms with Gasteiger partial charge in [0, 0.05) is 19.3 Å². The van der Waals surface area contributed by atoms with E-state index in [2.05, 4.69) is 0 Å². The van der Waals surface area contributed by atoms with Gasteiger partial charge in [-0.15, -0.1) is 0 Å². The summed E-state index contributed by atoms with van der Waals surface area (Å²) < 4.78 is 11.9. The van der Waals surface area contributed by atoms with Crippen LogP contribution in [0, 0.1) is 0 Å². The lowest BCUT2D eigenvalue weighted by Crippen LogP contribution is -2.48. The molecule has 0 unspecified atom stereocenters. The van der Waals surface area contributed by atoms with Crippen LogP contribution >= 0.6 is 0 Å². The Morgan fingerprint density at radius 1 is 1.33 bits per heavy atom. The van der Waals surface area contributed by atoms with Gasteiger partial charge in [-0.3, -0.25) is 9.59 Å². The van der Waals surface area contributed by atoms with Crippen molar-refractivity contribution >= 4 is 11.8 Å². The van der Waals surface area contributed by atoms with Crippen LogP contribution < -0.4 is 0 Å². The normalized spacial score (nSPS) is 37.5.